The minimum atomic E-state index is 0.429. The standard InChI is InChI=1S/C20H22N4O2S/c1-4-11-26-18-12-15(7-10-17(18)25-3)13-21-24-19(22-23-20(24)27)16-8-5-14(2)6-9-16/h5-10,12-13H,4,11H2,1-3H3,(H,23,27)/b21-13-. The Morgan fingerprint density at radius 1 is 1.19 bits per heavy atom. The summed E-state index contributed by atoms with van der Waals surface area (Å²) in [7, 11) is 1.63. The molecule has 6 nitrogen and oxygen atoms in total. The number of hydrogen-bond acceptors (Lipinski definition) is 5. The third-order valence-corrected chi connectivity index (χ3v) is 4.20. The van der Waals surface area contributed by atoms with Crippen LogP contribution in [0.5, 0.6) is 11.5 Å². The van der Waals surface area contributed by atoms with Gasteiger partial charge in [0.05, 0.1) is 19.9 Å². The molecule has 0 unspecified atom stereocenters. The molecule has 0 spiro atoms. The SMILES string of the molecule is CCCOc1cc(/C=N\n2c(-c3ccc(C)cc3)n[nH]c2=S)ccc1OC. The maximum absolute atomic E-state index is 5.75. The van der Waals surface area contributed by atoms with Gasteiger partial charge < -0.3 is 9.47 Å². The summed E-state index contributed by atoms with van der Waals surface area (Å²) in [5.41, 5.74) is 2.99. The van der Waals surface area contributed by atoms with Crippen molar-refractivity contribution in [3.05, 3.63) is 58.4 Å². The molecule has 0 bridgehead atoms. The number of nitrogens with one attached hydrogen (secondary N) is 1. The summed E-state index contributed by atoms with van der Waals surface area (Å²) in [4.78, 5) is 0. The molecule has 1 aromatic heterocycles. The van der Waals surface area contributed by atoms with Crippen molar-refractivity contribution in [1.29, 1.82) is 0 Å². The van der Waals surface area contributed by atoms with Crippen LogP contribution in [-0.4, -0.2) is 34.8 Å². The predicted octanol–water partition coefficient (Wildman–Crippen LogP) is 4.60. The number of aromatic amines is 1. The van der Waals surface area contributed by atoms with Crippen molar-refractivity contribution in [3.8, 4) is 22.9 Å². The lowest BCUT2D eigenvalue weighted by atomic mass is 10.1. The number of aryl methyl sites for hydroxylation is 1. The normalized spacial score (nSPS) is 11.1. The number of methoxy groups -OCH3 is 1. The number of H-pyrrole nitrogens is 1. The van der Waals surface area contributed by atoms with E-state index in [1.165, 1.54) is 5.56 Å². The quantitative estimate of drug-likeness (QED) is 0.479. The Kier molecular flexibility index (Phi) is 6.03. The highest BCUT2D eigenvalue weighted by Gasteiger charge is 2.08. The van der Waals surface area contributed by atoms with Gasteiger partial charge in [0.2, 0.25) is 4.77 Å². The molecule has 0 aliphatic rings. The van der Waals surface area contributed by atoms with Gasteiger partial charge in [0.25, 0.3) is 0 Å². The van der Waals surface area contributed by atoms with Gasteiger partial charge in [0, 0.05) is 5.56 Å². The van der Waals surface area contributed by atoms with Crippen LogP contribution in [0.15, 0.2) is 47.6 Å². The third kappa shape index (κ3) is 4.43. The van der Waals surface area contributed by atoms with Crippen LogP contribution < -0.4 is 9.47 Å². The van der Waals surface area contributed by atoms with Crippen molar-refractivity contribution in [3.63, 3.8) is 0 Å². The van der Waals surface area contributed by atoms with Crippen LogP contribution in [0.25, 0.3) is 11.4 Å². The van der Waals surface area contributed by atoms with Crippen LogP contribution in [0.1, 0.15) is 24.5 Å². The molecule has 0 saturated heterocycles. The fourth-order valence-corrected chi connectivity index (χ4v) is 2.69. The summed E-state index contributed by atoms with van der Waals surface area (Å²) >= 11 is 5.32. The summed E-state index contributed by atoms with van der Waals surface area (Å²) in [5.74, 6) is 2.05. The van der Waals surface area contributed by atoms with Crippen LogP contribution in [-0.2, 0) is 0 Å². The van der Waals surface area contributed by atoms with Crippen molar-refractivity contribution >= 4 is 18.4 Å². The molecule has 140 valence electrons. The van der Waals surface area contributed by atoms with E-state index >= 15 is 0 Å². The van der Waals surface area contributed by atoms with Gasteiger partial charge in [-0.15, -0.1) is 0 Å². The average Bonchev–Trinajstić information content (AvgIpc) is 3.05. The molecule has 0 saturated carbocycles. The maximum Gasteiger partial charge on any atom is 0.216 e. The van der Waals surface area contributed by atoms with Crippen LogP contribution in [0.2, 0.25) is 0 Å². The second-order valence-electron chi connectivity index (χ2n) is 6.03. The molecule has 3 aromatic rings. The molecule has 3 rings (SSSR count). The lowest BCUT2D eigenvalue weighted by molar-refractivity contribution is 0.294. The highest BCUT2D eigenvalue weighted by molar-refractivity contribution is 7.71. The van der Waals surface area contributed by atoms with E-state index in [2.05, 4.69) is 22.2 Å². The number of ether oxygens (including phenoxy) is 2. The Hall–Kier alpha value is -2.93. The highest BCUT2D eigenvalue weighted by atomic mass is 32.1. The first kappa shape index (κ1) is 18.8. The lowest BCUT2D eigenvalue weighted by Gasteiger charge is -2.10. The molecule has 1 N–H and O–H groups in total. The first-order valence-corrected chi connectivity index (χ1v) is 9.13. The second kappa shape index (κ2) is 8.64. The van der Waals surface area contributed by atoms with Gasteiger partial charge in [-0.3, -0.25) is 0 Å². The zero-order valence-electron chi connectivity index (χ0n) is 15.6. The molecule has 0 aliphatic heterocycles. The fourth-order valence-electron chi connectivity index (χ4n) is 2.51. The van der Waals surface area contributed by atoms with Gasteiger partial charge in [-0.25, -0.2) is 5.10 Å². The lowest BCUT2D eigenvalue weighted by Crippen LogP contribution is -1.99. The molecular weight excluding hydrogens is 360 g/mol. The molecule has 0 amide bonds. The van der Waals surface area contributed by atoms with E-state index in [1.807, 2.05) is 49.4 Å². The molecule has 27 heavy (non-hydrogen) atoms. The van der Waals surface area contributed by atoms with E-state index in [1.54, 1.807) is 18.0 Å². The Morgan fingerprint density at radius 2 is 1.96 bits per heavy atom. The number of rotatable bonds is 7. The maximum atomic E-state index is 5.75. The third-order valence-electron chi connectivity index (χ3n) is 3.93. The van der Waals surface area contributed by atoms with Crippen LogP contribution in [0.3, 0.4) is 0 Å². The van der Waals surface area contributed by atoms with Crippen molar-refractivity contribution < 1.29 is 9.47 Å². The molecule has 7 heteroatoms. The van der Waals surface area contributed by atoms with Crippen molar-refractivity contribution in [2.45, 2.75) is 20.3 Å². The van der Waals surface area contributed by atoms with Crippen LogP contribution in [0, 0.1) is 11.7 Å². The Morgan fingerprint density at radius 3 is 2.67 bits per heavy atom. The van der Waals surface area contributed by atoms with Gasteiger partial charge >= 0.3 is 0 Å². The van der Waals surface area contributed by atoms with Gasteiger partial charge in [0.15, 0.2) is 17.3 Å². The molecule has 0 atom stereocenters. The van der Waals surface area contributed by atoms with E-state index in [9.17, 15) is 0 Å². The summed E-state index contributed by atoms with van der Waals surface area (Å²) in [6.45, 7) is 4.73. The average molecular weight is 382 g/mol. The van der Waals surface area contributed by atoms with Crippen molar-refractivity contribution in [2.75, 3.05) is 13.7 Å². The van der Waals surface area contributed by atoms with Gasteiger partial charge in [-0.1, -0.05) is 36.8 Å². The number of hydrogen-bond donors (Lipinski definition) is 1. The van der Waals surface area contributed by atoms with Crippen LogP contribution >= 0.6 is 12.2 Å². The van der Waals surface area contributed by atoms with E-state index in [-0.39, 0.29) is 0 Å². The first-order chi connectivity index (χ1) is 13.1. The van der Waals surface area contributed by atoms with E-state index in [0.29, 0.717) is 28.7 Å². The monoisotopic (exact) mass is 382 g/mol. The molecule has 0 fully saturated rings. The zero-order chi connectivity index (χ0) is 19.2. The summed E-state index contributed by atoms with van der Waals surface area (Å²) < 4.78 is 13.1. The largest absolute Gasteiger partial charge is 0.493 e. The molecule has 1 heterocycles. The fraction of sp³-hybridized carbons (Fsp3) is 0.250. The van der Waals surface area contributed by atoms with Crippen LogP contribution in [0.4, 0.5) is 0 Å². The number of nitrogens with zero attached hydrogens (tertiary/aromatic N) is 3. The van der Waals surface area contributed by atoms with E-state index in [4.69, 9.17) is 21.7 Å². The minimum Gasteiger partial charge on any atom is -0.493 e. The summed E-state index contributed by atoms with van der Waals surface area (Å²) in [6, 6.07) is 13.7. The molecular formula is C20H22N4O2S. The van der Waals surface area contributed by atoms with Gasteiger partial charge in [-0.05, 0) is 49.3 Å². The topological polar surface area (TPSA) is 64.4 Å². The Balaban J connectivity index is 1.91. The molecule has 0 aliphatic carbocycles. The van der Waals surface area contributed by atoms with E-state index in [0.717, 1.165) is 17.5 Å². The van der Waals surface area contributed by atoms with Gasteiger partial charge in [0.1, 0.15) is 0 Å². The predicted molar refractivity (Wildman–Crippen MR) is 109 cm³/mol. The van der Waals surface area contributed by atoms with E-state index < -0.39 is 0 Å². The Labute approximate surface area is 163 Å². The summed E-state index contributed by atoms with van der Waals surface area (Å²) in [6.07, 6.45) is 2.65. The molecule has 0 radical (unpaired) electrons. The minimum absolute atomic E-state index is 0.429. The smallest absolute Gasteiger partial charge is 0.216 e. The zero-order valence-corrected chi connectivity index (χ0v) is 16.4. The number of benzene rings is 2. The Bertz CT molecular complexity index is 990. The number of aromatic nitrogens is 3. The summed E-state index contributed by atoms with van der Waals surface area (Å²) in [5, 5.41) is 11.6. The van der Waals surface area contributed by atoms with Gasteiger partial charge in [-0.2, -0.15) is 14.9 Å². The van der Waals surface area contributed by atoms with Crippen molar-refractivity contribution in [1.82, 2.24) is 14.9 Å². The second-order valence-corrected chi connectivity index (χ2v) is 6.42. The highest BCUT2D eigenvalue weighted by Crippen LogP contribution is 2.27. The van der Waals surface area contributed by atoms with Crippen molar-refractivity contribution in [2.24, 2.45) is 5.10 Å². The first-order valence-electron chi connectivity index (χ1n) is 8.72. The molecule has 2 aromatic carbocycles.